The summed E-state index contributed by atoms with van der Waals surface area (Å²) in [5.74, 6) is 0.489. The summed E-state index contributed by atoms with van der Waals surface area (Å²) in [6.45, 7) is 4.73. The van der Waals surface area contributed by atoms with Crippen molar-refractivity contribution in [3.63, 3.8) is 0 Å². The van der Waals surface area contributed by atoms with Gasteiger partial charge in [-0.3, -0.25) is 4.79 Å². The highest BCUT2D eigenvalue weighted by molar-refractivity contribution is 8.00. The van der Waals surface area contributed by atoms with E-state index >= 15 is 0 Å². The minimum Gasteiger partial charge on any atom is -0.495 e. The number of rotatable bonds is 7. The number of carbonyl (C=O) groups is 1. The van der Waals surface area contributed by atoms with Crippen LogP contribution in [0.4, 0.5) is 5.69 Å². The van der Waals surface area contributed by atoms with Crippen LogP contribution >= 0.6 is 11.8 Å². The van der Waals surface area contributed by atoms with Gasteiger partial charge in [-0.1, -0.05) is 48.2 Å². The summed E-state index contributed by atoms with van der Waals surface area (Å²) in [6, 6.07) is 15.4. The van der Waals surface area contributed by atoms with Crippen molar-refractivity contribution < 1.29 is 9.53 Å². The number of benzene rings is 2. The average Bonchev–Trinajstić information content (AvgIpc) is 3.14. The number of aromatic nitrogens is 3. The molecule has 6 nitrogen and oxygen atoms in total. The predicted octanol–water partition coefficient (Wildman–Crippen LogP) is 4.09. The third-order valence-corrected chi connectivity index (χ3v) is 5.35. The molecule has 0 aliphatic rings. The maximum Gasteiger partial charge on any atom is 0.242 e. The van der Waals surface area contributed by atoms with Crippen LogP contribution in [-0.2, 0) is 11.3 Å². The number of thioether (sulfide) groups is 1. The molecule has 1 aromatic heterocycles. The first-order valence-electron chi connectivity index (χ1n) is 8.67. The molecular formula is C20H22N4O2S. The van der Waals surface area contributed by atoms with Crippen molar-refractivity contribution in [2.45, 2.75) is 30.8 Å². The highest BCUT2D eigenvalue weighted by atomic mass is 32.2. The van der Waals surface area contributed by atoms with E-state index in [0.717, 1.165) is 17.7 Å². The lowest BCUT2D eigenvalue weighted by molar-refractivity contribution is -0.115. The number of carbonyl (C=O) groups excluding carboxylic acids is 1. The molecule has 2 aromatic carbocycles. The number of hydrogen-bond donors (Lipinski definition) is 1. The number of hydrogen-bond acceptors (Lipinski definition) is 5. The molecule has 1 N–H and O–H groups in total. The first kappa shape index (κ1) is 19.0. The minimum atomic E-state index is -0.467. The first-order valence-corrected chi connectivity index (χ1v) is 9.55. The summed E-state index contributed by atoms with van der Waals surface area (Å²) < 4.78 is 7.30. The minimum absolute atomic E-state index is 0.138. The fraction of sp³-hybridized carbons (Fsp3) is 0.250. The number of nitrogens with zero attached hydrogens (tertiary/aromatic N) is 3. The number of amides is 1. The van der Waals surface area contributed by atoms with E-state index in [-0.39, 0.29) is 5.91 Å². The molecule has 0 saturated carbocycles. The van der Waals surface area contributed by atoms with Crippen LogP contribution < -0.4 is 10.1 Å². The Bertz CT molecular complexity index is 911. The van der Waals surface area contributed by atoms with E-state index in [0.29, 0.717) is 16.6 Å². The van der Waals surface area contributed by atoms with Crippen LogP contribution in [0.5, 0.6) is 5.75 Å². The van der Waals surface area contributed by atoms with Crippen molar-refractivity contribution in [3.05, 3.63) is 66.0 Å². The Morgan fingerprint density at radius 3 is 2.74 bits per heavy atom. The molecular weight excluding hydrogens is 360 g/mol. The van der Waals surface area contributed by atoms with Gasteiger partial charge in [-0.25, -0.2) is 0 Å². The lowest BCUT2D eigenvalue weighted by Gasteiger charge is -2.18. The van der Waals surface area contributed by atoms with Gasteiger partial charge in [0.15, 0.2) is 5.16 Å². The standard InChI is InChI=1S/C20H22N4O2S/c1-4-24-13-21-23-20(24)27-18(15-8-6-5-7-9-15)19(25)22-16-12-14(2)10-11-17(16)26-3/h5-13,18H,4H2,1-3H3,(H,22,25)/t18-/m1/s1. The molecule has 0 unspecified atom stereocenters. The van der Waals surface area contributed by atoms with Crippen LogP contribution in [0.1, 0.15) is 23.3 Å². The van der Waals surface area contributed by atoms with Crippen LogP contribution in [0.15, 0.2) is 60.0 Å². The third kappa shape index (κ3) is 4.49. The first-order chi connectivity index (χ1) is 13.1. The van der Waals surface area contributed by atoms with E-state index < -0.39 is 5.25 Å². The number of anilines is 1. The normalized spacial score (nSPS) is 11.8. The van der Waals surface area contributed by atoms with Crippen molar-refractivity contribution in [1.82, 2.24) is 14.8 Å². The number of ether oxygens (including phenoxy) is 1. The second-order valence-corrected chi connectivity index (χ2v) is 7.07. The average molecular weight is 382 g/mol. The predicted molar refractivity (Wildman–Crippen MR) is 107 cm³/mol. The zero-order chi connectivity index (χ0) is 19.2. The highest BCUT2D eigenvalue weighted by Crippen LogP contribution is 2.36. The van der Waals surface area contributed by atoms with Gasteiger partial charge in [0, 0.05) is 6.54 Å². The number of nitrogens with one attached hydrogen (secondary N) is 1. The van der Waals surface area contributed by atoms with Crippen LogP contribution in [-0.4, -0.2) is 27.8 Å². The van der Waals surface area contributed by atoms with E-state index in [9.17, 15) is 4.79 Å². The quantitative estimate of drug-likeness (QED) is 0.624. The smallest absolute Gasteiger partial charge is 0.242 e. The zero-order valence-electron chi connectivity index (χ0n) is 15.5. The Balaban J connectivity index is 1.91. The van der Waals surface area contributed by atoms with Gasteiger partial charge in [0.25, 0.3) is 0 Å². The fourth-order valence-electron chi connectivity index (χ4n) is 2.68. The summed E-state index contributed by atoms with van der Waals surface area (Å²) in [5.41, 5.74) is 2.60. The molecule has 1 atom stereocenters. The second-order valence-electron chi connectivity index (χ2n) is 6.00. The second kappa shape index (κ2) is 8.73. The Morgan fingerprint density at radius 2 is 2.04 bits per heavy atom. The summed E-state index contributed by atoms with van der Waals surface area (Å²) in [6.07, 6.45) is 1.67. The molecule has 0 fully saturated rings. The Kier molecular flexibility index (Phi) is 6.13. The zero-order valence-corrected chi connectivity index (χ0v) is 16.4. The highest BCUT2D eigenvalue weighted by Gasteiger charge is 2.25. The SMILES string of the molecule is CCn1cnnc1S[C@@H](C(=O)Nc1cc(C)ccc1OC)c1ccccc1. The van der Waals surface area contributed by atoms with E-state index in [1.54, 1.807) is 13.4 Å². The number of aryl methyl sites for hydroxylation is 2. The molecule has 140 valence electrons. The Morgan fingerprint density at radius 1 is 1.26 bits per heavy atom. The molecule has 0 aliphatic heterocycles. The van der Waals surface area contributed by atoms with Gasteiger partial charge >= 0.3 is 0 Å². The van der Waals surface area contributed by atoms with Crippen LogP contribution in [0.3, 0.4) is 0 Å². The summed E-state index contributed by atoms with van der Waals surface area (Å²) in [5, 5.41) is 11.4. The van der Waals surface area contributed by atoms with Crippen LogP contribution in [0.25, 0.3) is 0 Å². The van der Waals surface area contributed by atoms with E-state index in [2.05, 4.69) is 15.5 Å². The monoisotopic (exact) mass is 382 g/mol. The third-order valence-electron chi connectivity index (χ3n) is 4.10. The molecule has 7 heteroatoms. The van der Waals surface area contributed by atoms with Crippen LogP contribution in [0.2, 0.25) is 0 Å². The van der Waals surface area contributed by atoms with Crippen molar-refractivity contribution in [2.75, 3.05) is 12.4 Å². The molecule has 0 bridgehead atoms. The van der Waals surface area contributed by atoms with Gasteiger partial charge in [-0.2, -0.15) is 0 Å². The van der Waals surface area contributed by atoms with Gasteiger partial charge in [-0.05, 0) is 37.1 Å². The van der Waals surface area contributed by atoms with E-state index in [4.69, 9.17) is 4.74 Å². The molecule has 0 radical (unpaired) electrons. The van der Waals surface area contributed by atoms with E-state index in [1.165, 1.54) is 11.8 Å². The van der Waals surface area contributed by atoms with Crippen molar-refractivity contribution >= 4 is 23.4 Å². The summed E-state index contributed by atoms with van der Waals surface area (Å²) >= 11 is 1.38. The van der Waals surface area contributed by atoms with Crippen molar-refractivity contribution in [1.29, 1.82) is 0 Å². The summed E-state index contributed by atoms with van der Waals surface area (Å²) in [7, 11) is 1.59. The summed E-state index contributed by atoms with van der Waals surface area (Å²) in [4.78, 5) is 13.2. The molecule has 0 saturated heterocycles. The molecule has 1 amide bonds. The molecule has 0 aliphatic carbocycles. The molecule has 1 heterocycles. The van der Waals surface area contributed by atoms with Gasteiger partial charge in [-0.15, -0.1) is 10.2 Å². The van der Waals surface area contributed by atoms with Crippen LogP contribution in [0, 0.1) is 6.92 Å². The maximum absolute atomic E-state index is 13.2. The number of methoxy groups -OCH3 is 1. The topological polar surface area (TPSA) is 69.0 Å². The van der Waals surface area contributed by atoms with Crippen molar-refractivity contribution in [2.24, 2.45) is 0 Å². The van der Waals surface area contributed by atoms with Crippen molar-refractivity contribution in [3.8, 4) is 5.75 Å². The lowest BCUT2D eigenvalue weighted by atomic mass is 10.1. The molecule has 27 heavy (non-hydrogen) atoms. The van der Waals surface area contributed by atoms with Gasteiger partial charge < -0.3 is 14.6 Å². The molecule has 3 rings (SSSR count). The van der Waals surface area contributed by atoms with E-state index in [1.807, 2.05) is 66.9 Å². The van der Waals surface area contributed by atoms with Gasteiger partial charge in [0.2, 0.25) is 5.91 Å². The van der Waals surface area contributed by atoms with Gasteiger partial charge in [0.1, 0.15) is 17.3 Å². The maximum atomic E-state index is 13.2. The molecule has 3 aromatic rings. The van der Waals surface area contributed by atoms with Gasteiger partial charge in [0.05, 0.1) is 12.8 Å². The lowest BCUT2D eigenvalue weighted by Crippen LogP contribution is -2.20. The fourth-order valence-corrected chi connectivity index (χ4v) is 3.75. The largest absolute Gasteiger partial charge is 0.495 e. The molecule has 0 spiro atoms. The Labute approximate surface area is 163 Å². The Hall–Kier alpha value is -2.80.